The second-order valence-electron chi connectivity index (χ2n) is 14.7. The monoisotopic (exact) mass is 563 g/mol. The van der Waals surface area contributed by atoms with Gasteiger partial charge in [-0.3, -0.25) is 0 Å². The summed E-state index contributed by atoms with van der Waals surface area (Å²) >= 11 is 0. The van der Waals surface area contributed by atoms with Crippen molar-refractivity contribution >= 4 is 39.0 Å². The van der Waals surface area contributed by atoms with E-state index in [0.29, 0.717) is 0 Å². The summed E-state index contributed by atoms with van der Waals surface area (Å²) in [4.78, 5) is 2.45. The molecule has 0 saturated carbocycles. The molecule has 43 heavy (non-hydrogen) atoms. The first-order chi connectivity index (χ1) is 20.4. The SMILES string of the molecule is CC(C)(C)c1ccc(N(c2ccc(C(C)(C)C)cc2)c2cccc3c2-c2ccc4oc5ccccc5c4c2C3(C)C)cc1. The Morgan fingerprint density at radius 2 is 1.16 bits per heavy atom. The van der Waals surface area contributed by atoms with Crippen LogP contribution < -0.4 is 4.90 Å². The quantitative estimate of drug-likeness (QED) is 0.213. The van der Waals surface area contributed by atoms with Crippen LogP contribution in [0.4, 0.5) is 17.1 Å². The van der Waals surface area contributed by atoms with Gasteiger partial charge in [0.15, 0.2) is 0 Å². The highest BCUT2D eigenvalue weighted by molar-refractivity contribution is 6.12. The van der Waals surface area contributed by atoms with E-state index in [1.54, 1.807) is 0 Å². The largest absolute Gasteiger partial charge is 0.456 e. The fourth-order valence-electron chi connectivity index (χ4n) is 6.99. The first-order valence-corrected chi connectivity index (χ1v) is 15.5. The lowest BCUT2D eigenvalue weighted by molar-refractivity contribution is 0.590. The summed E-state index contributed by atoms with van der Waals surface area (Å²) < 4.78 is 6.35. The molecular formula is C41H41NO. The predicted molar refractivity (Wildman–Crippen MR) is 183 cm³/mol. The number of anilines is 3. The molecule has 2 nitrogen and oxygen atoms in total. The maximum Gasteiger partial charge on any atom is 0.135 e. The van der Waals surface area contributed by atoms with Crippen molar-refractivity contribution in [1.29, 1.82) is 0 Å². The van der Waals surface area contributed by atoms with E-state index in [-0.39, 0.29) is 16.2 Å². The van der Waals surface area contributed by atoms with Gasteiger partial charge in [-0.15, -0.1) is 0 Å². The minimum atomic E-state index is -0.190. The van der Waals surface area contributed by atoms with Gasteiger partial charge >= 0.3 is 0 Å². The molecule has 1 aliphatic carbocycles. The number of hydrogen-bond donors (Lipinski definition) is 0. The Bertz CT molecular complexity index is 1930. The third-order valence-corrected chi connectivity index (χ3v) is 9.38. The van der Waals surface area contributed by atoms with Gasteiger partial charge in [-0.1, -0.05) is 116 Å². The van der Waals surface area contributed by atoms with Gasteiger partial charge in [0.2, 0.25) is 0 Å². The Labute approximate surface area is 256 Å². The van der Waals surface area contributed by atoms with E-state index < -0.39 is 0 Å². The van der Waals surface area contributed by atoms with Crippen molar-refractivity contribution in [3.05, 3.63) is 125 Å². The van der Waals surface area contributed by atoms with Crippen molar-refractivity contribution in [1.82, 2.24) is 0 Å². The minimum absolute atomic E-state index is 0.0907. The summed E-state index contributed by atoms with van der Waals surface area (Å²) in [6.07, 6.45) is 0. The number of hydrogen-bond acceptors (Lipinski definition) is 2. The number of rotatable bonds is 3. The molecular weight excluding hydrogens is 522 g/mol. The van der Waals surface area contributed by atoms with Crippen molar-refractivity contribution in [3.8, 4) is 11.1 Å². The van der Waals surface area contributed by atoms with Crippen LogP contribution >= 0.6 is 0 Å². The minimum Gasteiger partial charge on any atom is -0.456 e. The highest BCUT2D eigenvalue weighted by atomic mass is 16.3. The zero-order valence-corrected chi connectivity index (χ0v) is 26.7. The molecule has 0 N–H and O–H groups in total. The van der Waals surface area contributed by atoms with Gasteiger partial charge in [0, 0.05) is 33.1 Å². The van der Waals surface area contributed by atoms with Crippen LogP contribution in [-0.4, -0.2) is 0 Å². The van der Waals surface area contributed by atoms with Gasteiger partial charge in [-0.25, -0.2) is 0 Å². The lowest BCUT2D eigenvalue weighted by Gasteiger charge is -2.30. The van der Waals surface area contributed by atoms with Crippen LogP contribution in [0.25, 0.3) is 33.1 Å². The standard InChI is InChI=1S/C41H41NO/c1-39(2,3)26-16-20-28(21-17-26)42(29-22-18-27(19-23-29)40(4,5)6)33-14-11-13-32-36(33)31-24-25-35-37(38(31)41(32,7)8)30-12-9-10-15-34(30)43-35/h9-25H,1-8H3. The molecule has 1 aromatic heterocycles. The normalized spacial score (nSPS) is 14.2. The van der Waals surface area contributed by atoms with Crippen molar-refractivity contribution in [2.24, 2.45) is 0 Å². The van der Waals surface area contributed by atoms with E-state index in [1.165, 1.54) is 49.8 Å². The van der Waals surface area contributed by atoms with E-state index in [4.69, 9.17) is 4.42 Å². The zero-order chi connectivity index (χ0) is 30.3. The highest BCUT2D eigenvalue weighted by Gasteiger charge is 2.40. The van der Waals surface area contributed by atoms with E-state index in [9.17, 15) is 0 Å². The van der Waals surface area contributed by atoms with Gasteiger partial charge < -0.3 is 9.32 Å². The van der Waals surface area contributed by atoms with Crippen LogP contribution in [0.1, 0.15) is 77.6 Å². The number of nitrogens with zero attached hydrogens (tertiary/aromatic N) is 1. The number of benzene rings is 5. The average molecular weight is 564 g/mol. The summed E-state index contributed by atoms with van der Waals surface area (Å²) in [7, 11) is 0. The second kappa shape index (κ2) is 9.35. The maximum absolute atomic E-state index is 6.35. The molecule has 0 saturated heterocycles. The molecule has 0 radical (unpaired) electrons. The first-order valence-electron chi connectivity index (χ1n) is 15.5. The molecule has 1 aliphatic rings. The smallest absolute Gasteiger partial charge is 0.135 e. The molecule has 7 rings (SSSR count). The highest BCUT2D eigenvalue weighted by Crippen LogP contribution is 2.57. The second-order valence-corrected chi connectivity index (χ2v) is 14.7. The molecule has 0 fully saturated rings. The molecule has 0 bridgehead atoms. The number of para-hydroxylation sites is 1. The number of fused-ring (bicyclic) bond motifs is 7. The molecule has 216 valence electrons. The Hall–Kier alpha value is -4.30. The molecule has 0 atom stereocenters. The van der Waals surface area contributed by atoms with Gasteiger partial charge in [-0.05, 0) is 81.1 Å². The Kier molecular flexibility index (Phi) is 5.98. The zero-order valence-electron chi connectivity index (χ0n) is 26.7. The van der Waals surface area contributed by atoms with Gasteiger partial charge in [0.25, 0.3) is 0 Å². The average Bonchev–Trinajstić information content (AvgIpc) is 3.45. The first kappa shape index (κ1) is 27.5. The fourth-order valence-corrected chi connectivity index (χ4v) is 6.99. The van der Waals surface area contributed by atoms with E-state index in [2.05, 4.69) is 163 Å². The summed E-state index contributed by atoms with van der Waals surface area (Å²) in [6, 6.07) is 38.0. The van der Waals surface area contributed by atoms with Gasteiger partial charge in [-0.2, -0.15) is 0 Å². The van der Waals surface area contributed by atoms with Crippen LogP contribution in [0.5, 0.6) is 0 Å². The molecule has 0 amide bonds. The van der Waals surface area contributed by atoms with E-state index in [0.717, 1.165) is 22.5 Å². The Morgan fingerprint density at radius 3 is 1.74 bits per heavy atom. The topological polar surface area (TPSA) is 16.4 Å². The Balaban J connectivity index is 1.49. The van der Waals surface area contributed by atoms with Crippen molar-refractivity contribution < 1.29 is 4.42 Å². The summed E-state index contributed by atoms with van der Waals surface area (Å²) in [5.41, 5.74) is 13.4. The van der Waals surface area contributed by atoms with Crippen LogP contribution in [0, 0.1) is 0 Å². The van der Waals surface area contributed by atoms with E-state index in [1.807, 2.05) is 0 Å². The van der Waals surface area contributed by atoms with Gasteiger partial charge in [0.1, 0.15) is 11.2 Å². The Morgan fingerprint density at radius 1 is 0.581 bits per heavy atom. The van der Waals surface area contributed by atoms with Gasteiger partial charge in [0.05, 0.1) is 5.69 Å². The summed E-state index contributed by atoms with van der Waals surface area (Å²) in [5.74, 6) is 0. The lowest BCUT2D eigenvalue weighted by atomic mass is 9.80. The molecule has 5 aromatic carbocycles. The van der Waals surface area contributed by atoms with Crippen molar-refractivity contribution in [2.75, 3.05) is 4.90 Å². The summed E-state index contributed by atoms with van der Waals surface area (Å²) in [5, 5.41) is 2.42. The third kappa shape index (κ3) is 4.30. The third-order valence-electron chi connectivity index (χ3n) is 9.38. The molecule has 2 heteroatoms. The maximum atomic E-state index is 6.35. The van der Waals surface area contributed by atoms with Crippen molar-refractivity contribution in [2.45, 2.75) is 71.6 Å². The van der Waals surface area contributed by atoms with Crippen LogP contribution in [-0.2, 0) is 16.2 Å². The summed E-state index contributed by atoms with van der Waals surface area (Å²) in [6.45, 7) is 18.4. The molecule has 6 aromatic rings. The number of furan rings is 1. The molecule has 1 heterocycles. The molecule has 0 unspecified atom stereocenters. The van der Waals surface area contributed by atoms with Crippen LogP contribution in [0.15, 0.2) is 108 Å². The predicted octanol–water partition coefficient (Wildman–Crippen LogP) is 12.0. The van der Waals surface area contributed by atoms with Crippen molar-refractivity contribution in [3.63, 3.8) is 0 Å². The van der Waals surface area contributed by atoms with Crippen LogP contribution in [0.3, 0.4) is 0 Å². The van der Waals surface area contributed by atoms with E-state index >= 15 is 0 Å². The lowest BCUT2D eigenvalue weighted by Crippen LogP contribution is -2.17. The fraction of sp³-hybridized carbons (Fsp3) is 0.268. The molecule has 0 spiro atoms. The van der Waals surface area contributed by atoms with Crippen LogP contribution in [0.2, 0.25) is 0 Å². The molecule has 0 aliphatic heterocycles.